The maximum atomic E-state index is 13.6. The SMILES string of the molecule is O=S(=O)(c1ccccc1)N(CCOCCOc1cccc(OCCn2c(CN3CCCCC3)nc3ccccc32)c1)c1nc2ccccc2s1. The smallest absolute Gasteiger partial charge is 0.266 e. The van der Waals surface area contributed by atoms with E-state index in [1.54, 1.807) is 30.3 Å². The van der Waals surface area contributed by atoms with Crippen LogP contribution in [0.3, 0.4) is 0 Å². The Morgan fingerprint density at radius 1 is 0.720 bits per heavy atom. The molecule has 50 heavy (non-hydrogen) atoms. The van der Waals surface area contributed by atoms with Crippen LogP contribution in [-0.4, -0.2) is 73.9 Å². The fraction of sp³-hybridized carbons (Fsp3) is 0.316. The topological polar surface area (TPSA) is 99.0 Å². The lowest BCUT2D eigenvalue weighted by molar-refractivity contribution is 0.106. The van der Waals surface area contributed by atoms with Gasteiger partial charge in [-0.15, -0.1) is 0 Å². The van der Waals surface area contributed by atoms with E-state index in [2.05, 4.69) is 32.7 Å². The van der Waals surface area contributed by atoms with E-state index in [4.69, 9.17) is 19.2 Å². The molecule has 0 unspecified atom stereocenters. The Morgan fingerprint density at radius 3 is 2.24 bits per heavy atom. The van der Waals surface area contributed by atoms with Crippen LogP contribution in [0.5, 0.6) is 11.5 Å². The Bertz CT molecular complexity index is 2080. The predicted octanol–water partition coefficient (Wildman–Crippen LogP) is 7.00. The third kappa shape index (κ3) is 8.10. The Kier molecular flexibility index (Phi) is 10.9. The van der Waals surface area contributed by atoms with Crippen molar-refractivity contribution in [1.82, 2.24) is 19.4 Å². The van der Waals surface area contributed by atoms with Gasteiger partial charge in [0.05, 0.1) is 59.0 Å². The molecular formula is C38H41N5O5S2. The molecule has 0 aliphatic carbocycles. The maximum absolute atomic E-state index is 13.6. The van der Waals surface area contributed by atoms with Crippen LogP contribution in [0.25, 0.3) is 21.3 Å². The predicted molar refractivity (Wildman–Crippen MR) is 198 cm³/mol. The van der Waals surface area contributed by atoms with Crippen molar-refractivity contribution in [2.24, 2.45) is 0 Å². The van der Waals surface area contributed by atoms with Crippen LogP contribution in [0, 0.1) is 0 Å². The van der Waals surface area contributed by atoms with Crippen LogP contribution in [0.1, 0.15) is 25.1 Å². The van der Waals surface area contributed by atoms with Crippen molar-refractivity contribution < 1.29 is 22.6 Å². The number of rotatable bonds is 16. The second kappa shape index (κ2) is 16.0. The van der Waals surface area contributed by atoms with Crippen molar-refractivity contribution >= 4 is 47.7 Å². The van der Waals surface area contributed by atoms with Crippen molar-refractivity contribution in [1.29, 1.82) is 0 Å². The summed E-state index contributed by atoms with van der Waals surface area (Å²) in [4.78, 5) is 12.3. The second-order valence-electron chi connectivity index (χ2n) is 12.1. The molecule has 1 fully saturated rings. The number of piperidine rings is 1. The van der Waals surface area contributed by atoms with Crippen LogP contribution in [-0.2, 0) is 27.8 Å². The Labute approximate surface area is 296 Å². The van der Waals surface area contributed by atoms with Gasteiger partial charge >= 0.3 is 0 Å². The highest BCUT2D eigenvalue weighted by Gasteiger charge is 2.27. The van der Waals surface area contributed by atoms with Gasteiger partial charge < -0.3 is 18.8 Å². The van der Waals surface area contributed by atoms with Crippen LogP contribution < -0.4 is 13.8 Å². The average Bonchev–Trinajstić information content (AvgIpc) is 3.73. The molecule has 0 saturated carbocycles. The van der Waals surface area contributed by atoms with E-state index in [1.165, 1.54) is 34.9 Å². The van der Waals surface area contributed by atoms with Gasteiger partial charge in [-0.2, -0.15) is 0 Å². The van der Waals surface area contributed by atoms with E-state index in [1.807, 2.05) is 54.6 Å². The highest BCUT2D eigenvalue weighted by molar-refractivity contribution is 7.93. The first-order chi connectivity index (χ1) is 24.5. The zero-order valence-electron chi connectivity index (χ0n) is 27.9. The van der Waals surface area contributed by atoms with Crippen molar-refractivity contribution in [3.63, 3.8) is 0 Å². The number of hydrogen-bond acceptors (Lipinski definition) is 9. The molecule has 0 atom stereocenters. The first-order valence-electron chi connectivity index (χ1n) is 17.1. The number of para-hydroxylation sites is 3. The number of benzene rings is 4. The fourth-order valence-corrected chi connectivity index (χ4v) is 8.82. The molecule has 3 heterocycles. The minimum atomic E-state index is -3.84. The molecule has 1 aliphatic rings. The largest absolute Gasteiger partial charge is 0.492 e. The van der Waals surface area contributed by atoms with Gasteiger partial charge in [0.1, 0.15) is 30.5 Å². The molecule has 1 saturated heterocycles. The lowest BCUT2D eigenvalue weighted by Gasteiger charge is -2.26. The molecular weight excluding hydrogens is 671 g/mol. The first-order valence-corrected chi connectivity index (χ1v) is 19.3. The maximum Gasteiger partial charge on any atom is 0.266 e. The van der Waals surface area contributed by atoms with Gasteiger partial charge in [0, 0.05) is 6.07 Å². The Balaban J connectivity index is 0.911. The van der Waals surface area contributed by atoms with E-state index in [0.29, 0.717) is 30.6 Å². The molecule has 7 rings (SSSR count). The normalized spacial score (nSPS) is 13.9. The summed E-state index contributed by atoms with van der Waals surface area (Å²) >= 11 is 1.34. The summed E-state index contributed by atoms with van der Waals surface area (Å²) in [7, 11) is -3.84. The van der Waals surface area contributed by atoms with Gasteiger partial charge in [0.25, 0.3) is 10.0 Å². The van der Waals surface area contributed by atoms with Crippen LogP contribution >= 0.6 is 11.3 Å². The third-order valence-electron chi connectivity index (χ3n) is 8.70. The third-order valence-corrected chi connectivity index (χ3v) is 11.7. The van der Waals surface area contributed by atoms with E-state index in [0.717, 1.165) is 52.5 Å². The average molecular weight is 712 g/mol. The summed E-state index contributed by atoms with van der Waals surface area (Å²) in [5.41, 5.74) is 2.90. The Morgan fingerprint density at radius 2 is 1.44 bits per heavy atom. The zero-order chi connectivity index (χ0) is 34.2. The quantitative estimate of drug-likeness (QED) is 0.0991. The number of aromatic nitrogens is 3. The summed E-state index contributed by atoms with van der Waals surface area (Å²) < 4.78 is 49.8. The van der Waals surface area contributed by atoms with Crippen molar-refractivity contribution in [2.75, 3.05) is 50.4 Å². The molecule has 2 aromatic heterocycles. The molecule has 4 aromatic carbocycles. The molecule has 0 N–H and O–H groups in total. The number of likely N-dealkylation sites (tertiary alicyclic amines) is 1. The van der Waals surface area contributed by atoms with Crippen LogP contribution in [0.4, 0.5) is 5.13 Å². The molecule has 12 heteroatoms. The number of fused-ring (bicyclic) bond motifs is 2. The van der Waals surface area contributed by atoms with Crippen molar-refractivity contribution in [3.05, 3.63) is 109 Å². The first kappa shape index (κ1) is 34.0. The van der Waals surface area contributed by atoms with Gasteiger partial charge in [-0.1, -0.05) is 66.3 Å². The lowest BCUT2D eigenvalue weighted by Crippen LogP contribution is -2.34. The van der Waals surface area contributed by atoms with Crippen LogP contribution in [0.2, 0.25) is 0 Å². The van der Waals surface area contributed by atoms with Crippen molar-refractivity contribution in [3.8, 4) is 11.5 Å². The molecule has 1 aliphatic heterocycles. The summed E-state index contributed by atoms with van der Waals surface area (Å²) in [5.74, 6) is 2.48. The van der Waals surface area contributed by atoms with Crippen LogP contribution in [0.15, 0.2) is 108 Å². The van der Waals surface area contributed by atoms with Gasteiger partial charge in [-0.25, -0.2) is 22.7 Å². The number of hydrogen-bond donors (Lipinski definition) is 0. The van der Waals surface area contributed by atoms with Gasteiger partial charge in [-0.3, -0.25) is 4.90 Å². The molecule has 0 radical (unpaired) electrons. The van der Waals surface area contributed by atoms with E-state index in [-0.39, 0.29) is 24.7 Å². The Hall–Kier alpha value is -4.49. The highest BCUT2D eigenvalue weighted by atomic mass is 32.2. The fourth-order valence-electron chi connectivity index (χ4n) is 6.19. The summed E-state index contributed by atoms with van der Waals surface area (Å²) in [6.45, 7) is 5.17. The van der Waals surface area contributed by atoms with Crippen molar-refractivity contribution in [2.45, 2.75) is 37.2 Å². The molecule has 260 valence electrons. The zero-order valence-corrected chi connectivity index (χ0v) is 29.5. The molecule has 10 nitrogen and oxygen atoms in total. The number of imidazole rings is 1. The highest BCUT2D eigenvalue weighted by Crippen LogP contribution is 2.32. The second-order valence-corrected chi connectivity index (χ2v) is 15.0. The number of thiazole rings is 1. The summed E-state index contributed by atoms with van der Waals surface area (Å²) in [6.07, 6.45) is 3.80. The van der Waals surface area contributed by atoms with E-state index < -0.39 is 10.0 Å². The monoisotopic (exact) mass is 711 g/mol. The molecule has 0 amide bonds. The number of anilines is 1. The number of sulfonamides is 1. The molecule has 6 aromatic rings. The molecule has 0 bridgehead atoms. The van der Waals surface area contributed by atoms with Gasteiger partial charge in [0.2, 0.25) is 5.13 Å². The number of nitrogens with zero attached hydrogens (tertiary/aromatic N) is 5. The summed E-state index contributed by atoms with van der Waals surface area (Å²) in [5, 5.41) is 0.408. The molecule has 0 spiro atoms. The number of ether oxygens (including phenoxy) is 3. The lowest BCUT2D eigenvalue weighted by atomic mass is 10.1. The van der Waals surface area contributed by atoms with E-state index in [9.17, 15) is 8.42 Å². The minimum Gasteiger partial charge on any atom is -0.492 e. The van der Waals surface area contributed by atoms with E-state index >= 15 is 0 Å². The van der Waals surface area contributed by atoms with Gasteiger partial charge in [-0.05, 0) is 74.5 Å². The summed E-state index contributed by atoms with van der Waals surface area (Å²) in [6, 6.07) is 31.9. The standard InChI is InChI=1S/C38H41N5O5S2/c44-50(45,32-14-3-1-4-15-32)43(38-40-34-17-6-8-19-36(34)49-38)23-24-46-26-27-48-31-13-11-12-30(28-31)47-25-22-42-35-18-7-5-16-33(35)39-37(42)29-41-20-9-2-10-21-41/h1,3-8,11-19,28H,2,9-10,20-27,29H2. The van der Waals surface area contributed by atoms with Gasteiger partial charge in [0.15, 0.2) is 0 Å². The minimum absolute atomic E-state index is 0.117.